The van der Waals surface area contributed by atoms with Crippen LogP contribution in [0.3, 0.4) is 0 Å². The molecule has 4 heteroatoms. The Morgan fingerprint density at radius 3 is 1.96 bits per heavy atom. The van der Waals surface area contributed by atoms with Crippen molar-refractivity contribution in [1.29, 1.82) is 0 Å². The van der Waals surface area contributed by atoms with Gasteiger partial charge in [0.15, 0.2) is 0 Å². The smallest absolute Gasteiger partial charge is 0.329 e. The van der Waals surface area contributed by atoms with Crippen LogP contribution in [0.2, 0.25) is 0 Å². The van der Waals surface area contributed by atoms with Crippen molar-refractivity contribution in [2.45, 2.75) is 18.4 Å². The standard InChI is InChI=1S/C24H21NO3/c1-28-24(27)23(25-21(26)15-16-9-3-2-4-10-16)22-19-13-7-5-11-17(19)18-12-6-8-14-20(18)22/h2-14,22-23H,15H2,1H3,(H,25,26)/t23-/m1/s1. The molecule has 140 valence electrons. The summed E-state index contributed by atoms with van der Waals surface area (Å²) in [4.78, 5) is 25.4. The van der Waals surface area contributed by atoms with Gasteiger partial charge in [-0.25, -0.2) is 4.79 Å². The van der Waals surface area contributed by atoms with E-state index in [9.17, 15) is 9.59 Å². The van der Waals surface area contributed by atoms with Crippen LogP contribution in [0.4, 0.5) is 0 Å². The Labute approximate surface area is 164 Å². The molecule has 28 heavy (non-hydrogen) atoms. The zero-order valence-electron chi connectivity index (χ0n) is 15.6. The molecule has 0 saturated carbocycles. The summed E-state index contributed by atoms with van der Waals surface area (Å²) in [5.74, 6) is -0.930. The molecule has 1 N–H and O–H groups in total. The monoisotopic (exact) mass is 371 g/mol. The highest BCUT2D eigenvalue weighted by Crippen LogP contribution is 2.46. The Balaban J connectivity index is 1.68. The van der Waals surface area contributed by atoms with Gasteiger partial charge >= 0.3 is 5.97 Å². The molecule has 1 amide bonds. The minimum Gasteiger partial charge on any atom is -0.467 e. The minimum atomic E-state index is -0.786. The Morgan fingerprint density at radius 1 is 0.857 bits per heavy atom. The fourth-order valence-electron chi connectivity index (χ4n) is 3.96. The second-order valence-corrected chi connectivity index (χ2v) is 6.88. The number of carbonyl (C=O) groups is 2. The average molecular weight is 371 g/mol. The van der Waals surface area contributed by atoms with Gasteiger partial charge in [-0.15, -0.1) is 0 Å². The van der Waals surface area contributed by atoms with Crippen LogP contribution in [-0.4, -0.2) is 25.0 Å². The van der Waals surface area contributed by atoms with Gasteiger partial charge < -0.3 is 10.1 Å². The molecule has 0 radical (unpaired) electrons. The van der Waals surface area contributed by atoms with Crippen molar-refractivity contribution in [3.05, 3.63) is 95.6 Å². The van der Waals surface area contributed by atoms with E-state index in [2.05, 4.69) is 5.32 Å². The molecule has 0 saturated heterocycles. The Kier molecular flexibility index (Phi) is 4.94. The molecular weight excluding hydrogens is 350 g/mol. The quantitative estimate of drug-likeness (QED) is 0.696. The molecular formula is C24H21NO3. The molecule has 0 heterocycles. The molecule has 0 spiro atoms. The summed E-state index contributed by atoms with van der Waals surface area (Å²) in [5.41, 5.74) is 5.14. The Bertz CT molecular complexity index is 968. The third-order valence-electron chi connectivity index (χ3n) is 5.19. The van der Waals surface area contributed by atoms with E-state index in [-0.39, 0.29) is 18.2 Å². The second-order valence-electron chi connectivity index (χ2n) is 6.88. The number of esters is 1. The van der Waals surface area contributed by atoms with Gasteiger partial charge in [0.05, 0.1) is 13.5 Å². The number of ether oxygens (including phenoxy) is 1. The van der Waals surface area contributed by atoms with Gasteiger partial charge in [0.25, 0.3) is 0 Å². The van der Waals surface area contributed by atoms with Crippen molar-refractivity contribution in [3.63, 3.8) is 0 Å². The van der Waals surface area contributed by atoms with Crippen LogP contribution >= 0.6 is 0 Å². The third-order valence-corrected chi connectivity index (χ3v) is 5.19. The zero-order chi connectivity index (χ0) is 19.5. The predicted octanol–water partition coefficient (Wildman–Crippen LogP) is 3.70. The van der Waals surface area contributed by atoms with E-state index in [4.69, 9.17) is 4.74 Å². The van der Waals surface area contributed by atoms with Gasteiger partial charge in [-0.1, -0.05) is 78.9 Å². The highest BCUT2D eigenvalue weighted by Gasteiger charge is 2.39. The van der Waals surface area contributed by atoms with Crippen LogP contribution < -0.4 is 5.32 Å². The van der Waals surface area contributed by atoms with Crippen LogP contribution in [-0.2, 0) is 20.7 Å². The number of carbonyl (C=O) groups excluding carboxylic acids is 2. The van der Waals surface area contributed by atoms with Gasteiger partial charge in [-0.05, 0) is 27.8 Å². The predicted molar refractivity (Wildman–Crippen MR) is 108 cm³/mol. The number of hydrogen-bond acceptors (Lipinski definition) is 3. The lowest BCUT2D eigenvalue weighted by molar-refractivity contribution is -0.145. The maximum absolute atomic E-state index is 12.7. The summed E-state index contributed by atoms with van der Waals surface area (Å²) in [6.45, 7) is 0. The van der Waals surface area contributed by atoms with E-state index in [1.54, 1.807) is 0 Å². The minimum absolute atomic E-state index is 0.205. The lowest BCUT2D eigenvalue weighted by Gasteiger charge is -2.24. The van der Waals surface area contributed by atoms with Gasteiger partial charge in [0.1, 0.15) is 6.04 Å². The first kappa shape index (κ1) is 18.0. The van der Waals surface area contributed by atoms with Gasteiger partial charge in [-0.2, -0.15) is 0 Å². The SMILES string of the molecule is COC(=O)[C@H](NC(=O)Cc1ccccc1)C1c2ccccc2-c2ccccc21. The lowest BCUT2D eigenvalue weighted by atomic mass is 9.89. The van der Waals surface area contributed by atoms with Gasteiger partial charge in [0.2, 0.25) is 5.91 Å². The van der Waals surface area contributed by atoms with Crippen LogP contribution in [0, 0.1) is 0 Å². The number of fused-ring (bicyclic) bond motifs is 3. The van der Waals surface area contributed by atoms with Crippen LogP contribution in [0.25, 0.3) is 11.1 Å². The highest BCUT2D eigenvalue weighted by atomic mass is 16.5. The van der Waals surface area contributed by atoms with Crippen molar-refractivity contribution in [3.8, 4) is 11.1 Å². The molecule has 1 aliphatic rings. The van der Waals surface area contributed by atoms with Crippen LogP contribution in [0.5, 0.6) is 0 Å². The lowest BCUT2D eigenvalue weighted by Crippen LogP contribution is -2.46. The Hall–Kier alpha value is -3.40. The summed E-state index contributed by atoms with van der Waals surface area (Å²) >= 11 is 0. The summed E-state index contributed by atoms with van der Waals surface area (Å²) in [7, 11) is 1.35. The molecule has 0 aromatic heterocycles. The molecule has 3 aromatic carbocycles. The van der Waals surface area contributed by atoms with Crippen molar-refractivity contribution in [2.24, 2.45) is 0 Å². The largest absolute Gasteiger partial charge is 0.467 e. The number of rotatable bonds is 5. The van der Waals surface area contributed by atoms with Gasteiger partial charge in [-0.3, -0.25) is 4.79 Å². The molecule has 0 bridgehead atoms. The fourth-order valence-corrected chi connectivity index (χ4v) is 3.96. The zero-order valence-corrected chi connectivity index (χ0v) is 15.6. The maximum atomic E-state index is 12.7. The first-order valence-corrected chi connectivity index (χ1v) is 9.28. The average Bonchev–Trinajstić information content (AvgIpc) is 3.06. The van der Waals surface area contributed by atoms with Crippen molar-refractivity contribution < 1.29 is 14.3 Å². The Morgan fingerprint density at radius 2 is 1.39 bits per heavy atom. The molecule has 0 unspecified atom stereocenters. The van der Waals surface area contributed by atoms with E-state index >= 15 is 0 Å². The summed E-state index contributed by atoms with van der Waals surface area (Å²) in [5, 5.41) is 2.93. The van der Waals surface area contributed by atoms with Crippen molar-refractivity contribution in [2.75, 3.05) is 7.11 Å². The second kappa shape index (κ2) is 7.69. The molecule has 3 aromatic rings. The topological polar surface area (TPSA) is 55.4 Å². The number of hydrogen-bond donors (Lipinski definition) is 1. The first-order chi connectivity index (χ1) is 13.7. The highest BCUT2D eigenvalue weighted by molar-refractivity contribution is 5.90. The summed E-state index contributed by atoms with van der Waals surface area (Å²) in [6, 6.07) is 24.7. The molecule has 0 aliphatic heterocycles. The van der Waals surface area contributed by atoms with Gasteiger partial charge in [0, 0.05) is 5.92 Å². The summed E-state index contributed by atoms with van der Waals surface area (Å²) in [6.07, 6.45) is 0.213. The molecule has 4 nitrogen and oxygen atoms in total. The van der Waals surface area contributed by atoms with E-state index in [0.717, 1.165) is 27.8 Å². The maximum Gasteiger partial charge on any atom is 0.329 e. The normalized spacial score (nSPS) is 13.3. The first-order valence-electron chi connectivity index (χ1n) is 9.28. The molecule has 0 fully saturated rings. The number of benzene rings is 3. The molecule has 1 atom stereocenters. The van der Waals surface area contributed by atoms with Crippen LogP contribution in [0.1, 0.15) is 22.6 Å². The summed E-state index contributed by atoms with van der Waals surface area (Å²) < 4.78 is 5.05. The molecule has 4 rings (SSSR count). The van der Waals surface area contributed by atoms with Crippen LogP contribution in [0.15, 0.2) is 78.9 Å². The molecule has 1 aliphatic carbocycles. The van der Waals surface area contributed by atoms with E-state index < -0.39 is 12.0 Å². The van der Waals surface area contributed by atoms with Crippen molar-refractivity contribution in [1.82, 2.24) is 5.32 Å². The third kappa shape index (κ3) is 3.29. The fraction of sp³-hybridized carbons (Fsp3) is 0.167. The van der Waals surface area contributed by atoms with E-state index in [1.165, 1.54) is 7.11 Å². The van der Waals surface area contributed by atoms with Crippen molar-refractivity contribution >= 4 is 11.9 Å². The number of nitrogens with one attached hydrogen (secondary N) is 1. The van der Waals surface area contributed by atoms with E-state index in [0.29, 0.717) is 0 Å². The van der Waals surface area contributed by atoms with E-state index in [1.807, 2.05) is 78.9 Å². The number of amides is 1. The number of methoxy groups -OCH3 is 1.